The molecule has 1 aromatic rings. The van der Waals surface area contributed by atoms with E-state index in [1.165, 1.54) is 18.2 Å². The number of para-hydroxylation sites is 2. The predicted molar refractivity (Wildman–Crippen MR) is 77.4 cm³/mol. The van der Waals surface area contributed by atoms with Gasteiger partial charge in [0.1, 0.15) is 0 Å². The fourth-order valence-corrected chi connectivity index (χ4v) is 1.70. The van der Waals surface area contributed by atoms with Gasteiger partial charge in [0.15, 0.2) is 11.7 Å². The topological polar surface area (TPSA) is 59.6 Å². The molecule has 0 heterocycles. The fraction of sp³-hybridized carbons (Fsp3) is 0.500. The summed E-state index contributed by atoms with van der Waals surface area (Å²) in [5.74, 6) is -0.265. The molecule has 0 aromatic heterocycles. The number of guanidine groups is 1. The molecule has 0 fully saturated rings. The number of rotatable bonds is 7. The van der Waals surface area contributed by atoms with Crippen LogP contribution in [0.2, 0.25) is 0 Å². The monoisotopic (exact) mass is 303 g/mol. The third-order valence-electron chi connectivity index (χ3n) is 2.67. The van der Waals surface area contributed by atoms with Gasteiger partial charge in [0.2, 0.25) is 0 Å². The van der Waals surface area contributed by atoms with Gasteiger partial charge in [0, 0.05) is 6.54 Å². The molecule has 0 atom stereocenters. The molecular formula is C14H20F3N3O. The van der Waals surface area contributed by atoms with Crippen LogP contribution in [0.4, 0.5) is 18.9 Å². The summed E-state index contributed by atoms with van der Waals surface area (Å²) < 4.78 is 40.7. The van der Waals surface area contributed by atoms with Crippen LogP contribution in [-0.2, 0) is 0 Å². The molecule has 0 aliphatic heterocycles. The number of benzene rings is 1. The van der Waals surface area contributed by atoms with Crippen LogP contribution >= 0.6 is 0 Å². The van der Waals surface area contributed by atoms with Crippen molar-refractivity contribution in [1.29, 1.82) is 0 Å². The largest absolute Gasteiger partial charge is 0.573 e. The van der Waals surface area contributed by atoms with Crippen LogP contribution in [0.15, 0.2) is 29.3 Å². The molecule has 0 saturated carbocycles. The van der Waals surface area contributed by atoms with E-state index in [1.54, 1.807) is 6.07 Å². The van der Waals surface area contributed by atoms with Gasteiger partial charge in [-0.3, -0.25) is 4.99 Å². The van der Waals surface area contributed by atoms with E-state index in [0.717, 1.165) is 25.7 Å². The SMILES string of the molecule is CCCCCCN=C(N)Nc1ccccc1OC(F)(F)F. The zero-order chi connectivity index (χ0) is 15.7. The molecule has 21 heavy (non-hydrogen) atoms. The Morgan fingerprint density at radius 1 is 1.24 bits per heavy atom. The maximum Gasteiger partial charge on any atom is 0.573 e. The van der Waals surface area contributed by atoms with Crippen molar-refractivity contribution in [2.24, 2.45) is 10.7 Å². The van der Waals surface area contributed by atoms with Crippen molar-refractivity contribution < 1.29 is 17.9 Å². The number of aliphatic imine (C=N–C) groups is 1. The number of halogens is 3. The van der Waals surface area contributed by atoms with Gasteiger partial charge in [0.05, 0.1) is 5.69 Å². The number of unbranched alkanes of at least 4 members (excludes halogenated alkanes) is 3. The first-order valence-corrected chi connectivity index (χ1v) is 6.84. The van der Waals surface area contributed by atoms with Crippen LogP contribution in [0.5, 0.6) is 5.75 Å². The first kappa shape index (κ1) is 17.1. The highest BCUT2D eigenvalue weighted by atomic mass is 19.4. The van der Waals surface area contributed by atoms with E-state index in [1.807, 2.05) is 0 Å². The zero-order valence-electron chi connectivity index (χ0n) is 11.9. The lowest BCUT2D eigenvalue weighted by Gasteiger charge is -2.14. The Labute approximate surface area is 122 Å². The Morgan fingerprint density at radius 3 is 2.62 bits per heavy atom. The highest BCUT2D eigenvalue weighted by Crippen LogP contribution is 2.29. The van der Waals surface area contributed by atoms with Crippen molar-refractivity contribution >= 4 is 11.6 Å². The van der Waals surface area contributed by atoms with Crippen LogP contribution in [0.25, 0.3) is 0 Å². The van der Waals surface area contributed by atoms with Crippen molar-refractivity contribution in [3.63, 3.8) is 0 Å². The summed E-state index contributed by atoms with van der Waals surface area (Å²) in [5, 5.41) is 2.63. The molecule has 0 saturated heterocycles. The highest BCUT2D eigenvalue weighted by molar-refractivity contribution is 5.93. The third-order valence-corrected chi connectivity index (χ3v) is 2.67. The molecule has 7 heteroatoms. The quantitative estimate of drug-likeness (QED) is 0.456. The summed E-state index contributed by atoms with van der Waals surface area (Å²) in [5.41, 5.74) is 5.78. The first-order valence-electron chi connectivity index (χ1n) is 6.84. The number of ether oxygens (including phenoxy) is 1. The van der Waals surface area contributed by atoms with E-state index in [-0.39, 0.29) is 17.4 Å². The van der Waals surface area contributed by atoms with Crippen LogP contribution in [0.3, 0.4) is 0 Å². The minimum absolute atomic E-state index is 0.0738. The van der Waals surface area contributed by atoms with Crippen molar-refractivity contribution in [2.75, 3.05) is 11.9 Å². The number of nitrogens with one attached hydrogen (secondary N) is 1. The lowest BCUT2D eigenvalue weighted by molar-refractivity contribution is -0.274. The van der Waals surface area contributed by atoms with Gasteiger partial charge in [-0.2, -0.15) is 0 Å². The molecule has 0 aliphatic carbocycles. The smallest absolute Gasteiger partial charge is 0.404 e. The average Bonchev–Trinajstić information content (AvgIpc) is 2.39. The average molecular weight is 303 g/mol. The standard InChI is InChI=1S/C14H20F3N3O/c1-2-3-4-7-10-19-13(18)20-11-8-5-6-9-12(11)21-14(15,16)17/h5-6,8-9H,2-4,7,10H2,1H3,(H3,18,19,20). The number of hydrogen-bond donors (Lipinski definition) is 2. The van der Waals surface area contributed by atoms with Crippen molar-refractivity contribution in [2.45, 2.75) is 39.0 Å². The van der Waals surface area contributed by atoms with Gasteiger partial charge < -0.3 is 15.8 Å². The predicted octanol–water partition coefficient (Wildman–Crippen LogP) is 3.89. The van der Waals surface area contributed by atoms with Gasteiger partial charge >= 0.3 is 6.36 Å². The maximum atomic E-state index is 12.3. The Bertz CT molecular complexity index is 461. The molecule has 3 N–H and O–H groups in total. The van der Waals surface area contributed by atoms with Gasteiger partial charge in [-0.05, 0) is 18.6 Å². The number of anilines is 1. The molecule has 4 nitrogen and oxygen atoms in total. The Morgan fingerprint density at radius 2 is 1.95 bits per heavy atom. The zero-order valence-corrected chi connectivity index (χ0v) is 11.9. The van der Waals surface area contributed by atoms with Crippen LogP contribution in [0.1, 0.15) is 32.6 Å². The minimum atomic E-state index is -4.75. The van der Waals surface area contributed by atoms with Crippen molar-refractivity contribution in [1.82, 2.24) is 0 Å². The van der Waals surface area contributed by atoms with E-state index < -0.39 is 6.36 Å². The Balaban J connectivity index is 2.59. The molecule has 1 rings (SSSR count). The van der Waals surface area contributed by atoms with E-state index in [9.17, 15) is 13.2 Å². The minimum Gasteiger partial charge on any atom is -0.404 e. The molecule has 0 bridgehead atoms. The van der Waals surface area contributed by atoms with Crippen LogP contribution < -0.4 is 15.8 Å². The summed E-state index contributed by atoms with van der Waals surface area (Å²) in [7, 11) is 0. The molecule has 0 spiro atoms. The van der Waals surface area contributed by atoms with Crippen LogP contribution in [-0.4, -0.2) is 18.9 Å². The first-order chi connectivity index (χ1) is 9.92. The second kappa shape index (κ2) is 8.39. The van der Waals surface area contributed by atoms with Gasteiger partial charge in [-0.25, -0.2) is 0 Å². The van der Waals surface area contributed by atoms with Crippen LogP contribution in [0, 0.1) is 0 Å². The van der Waals surface area contributed by atoms with Gasteiger partial charge in [-0.15, -0.1) is 13.2 Å². The molecule has 118 valence electrons. The lowest BCUT2D eigenvalue weighted by Crippen LogP contribution is -2.24. The second-order valence-corrected chi connectivity index (χ2v) is 4.50. The van der Waals surface area contributed by atoms with E-state index in [4.69, 9.17) is 5.73 Å². The number of hydrogen-bond acceptors (Lipinski definition) is 2. The normalized spacial score (nSPS) is 12.3. The summed E-state index contributed by atoms with van der Waals surface area (Å²) >= 11 is 0. The van der Waals surface area contributed by atoms with Crippen molar-refractivity contribution in [3.05, 3.63) is 24.3 Å². The molecular weight excluding hydrogens is 283 g/mol. The summed E-state index contributed by atoms with van der Waals surface area (Å²) in [6.07, 6.45) is -0.535. The molecule has 0 radical (unpaired) electrons. The third kappa shape index (κ3) is 7.43. The Hall–Kier alpha value is -1.92. The van der Waals surface area contributed by atoms with Crippen molar-refractivity contribution in [3.8, 4) is 5.75 Å². The van der Waals surface area contributed by atoms with Gasteiger partial charge in [-0.1, -0.05) is 38.3 Å². The summed E-state index contributed by atoms with van der Waals surface area (Å²) in [6, 6.07) is 5.69. The van der Waals surface area contributed by atoms with E-state index in [0.29, 0.717) is 6.54 Å². The van der Waals surface area contributed by atoms with E-state index in [2.05, 4.69) is 22.0 Å². The number of nitrogens with zero attached hydrogens (tertiary/aromatic N) is 1. The molecule has 1 aromatic carbocycles. The highest BCUT2D eigenvalue weighted by Gasteiger charge is 2.32. The summed E-state index contributed by atoms with van der Waals surface area (Å²) in [6.45, 7) is 2.65. The molecule has 0 aliphatic rings. The lowest BCUT2D eigenvalue weighted by atomic mass is 10.2. The molecule has 0 unspecified atom stereocenters. The maximum absolute atomic E-state index is 12.3. The number of nitrogens with two attached hydrogens (primary N) is 1. The molecule has 0 amide bonds. The second-order valence-electron chi connectivity index (χ2n) is 4.50. The fourth-order valence-electron chi connectivity index (χ4n) is 1.70. The Kier molecular flexibility index (Phi) is 6.84. The summed E-state index contributed by atoms with van der Waals surface area (Å²) in [4.78, 5) is 4.08. The van der Waals surface area contributed by atoms with Gasteiger partial charge in [0.25, 0.3) is 0 Å². The number of alkyl halides is 3. The van der Waals surface area contributed by atoms with E-state index >= 15 is 0 Å².